The standard InChI is InChI=1S/C36H47N6O6S2/c1-6-26(34(7-2)50(46,47)30-13-9-8-10-14-30)19-31-25(3)18-27(28-21-33(39-49(5,44)45)36(48-4)38-22-28)20-32(31)35(37)42(43)24-40-16-17-41-15-11-12-29(41)23-40/h8-10,13-14,18-22,29,34,37,39H,6-7,11-12,15-17,23-24H2,1-5H3/q+1. The zero-order chi connectivity index (χ0) is 36.2. The van der Waals surface area contributed by atoms with Gasteiger partial charge in [0.25, 0.3) is 0 Å². The molecule has 5 rings (SSSR count). The molecule has 2 fully saturated rings. The number of sulfone groups is 1. The maximum atomic E-state index is 13.9. The molecule has 3 heterocycles. The third-order valence-corrected chi connectivity index (χ3v) is 12.4. The summed E-state index contributed by atoms with van der Waals surface area (Å²) in [4.78, 5) is 22.9. The average Bonchev–Trinajstić information content (AvgIpc) is 3.56. The Morgan fingerprint density at radius 2 is 1.84 bits per heavy atom. The quantitative estimate of drug-likeness (QED) is 0.136. The minimum atomic E-state index is -3.73. The van der Waals surface area contributed by atoms with Crippen LogP contribution in [0.25, 0.3) is 17.2 Å². The van der Waals surface area contributed by atoms with E-state index in [2.05, 4.69) is 19.5 Å². The third kappa shape index (κ3) is 8.31. The minimum Gasteiger partial charge on any atom is -0.480 e. The van der Waals surface area contributed by atoms with Crippen molar-refractivity contribution < 1.29 is 26.3 Å². The maximum Gasteiger partial charge on any atom is 0.362 e. The Balaban J connectivity index is 1.60. The number of fused-ring (bicyclic) bond motifs is 1. The van der Waals surface area contributed by atoms with Crippen LogP contribution in [0.3, 0.4) is 0 Å². The molecule has 0 bridgehead atoms. The number of pyridine rings is 1. The molecule has 1 aromatic heterocycles. The first-order valence-electron chi connectivity index (χ1n) is 16.9. The van der Waals surface area contributed by atoms with Gasteiger partial charge in [0.05, 0.1) is 29.1 Å². The Hall–Kier alpha value is -3.98. The number of nitroso groups, excluding NO2 is 1. The van der Waals surface area contributed by atoms with Crippen LogP contribution in [0, 0.1) is 17.2 Å². The Bertz CT molecular complexity index is 2000. The Morgan fingerprint density at radius 3 is 2.50 bits per heavy atom. The highest BCUT2D eigenvalue weighted by molar-refractivity contribution is 7.92. The molecule has 2 N–H and O–H groups in total. The van der Waals surface area contributed by atoms with Crippen molar-refractivity contribution in [1.82, 2.24) is 14.8 Å². The summed E-state index contributed by atoms with van der Waals surface area (Å²) < 4.78 is 60.4. The largest absolute Gasteiger partial charge is 0.480 e. The number of nitrogens with one attached hydrogen (secondary N) is 2. The van der Waals surface area contributed by atoms with E-state index in [4.69, 9.17) is 4.74 Å². The van der Waals surface area contributed by atoms with Gasteiger partial charge in [0.15, 0.2) is 16.5 Å². The summed E-state index contributed by atoms with van der Waals surface area (Å²) in [5, 5.41) is 8.43. The summed E-state index contributed by atoms with van der Waals surface area (Å²) in [6.07, 6.45) is 7.43. The second kappa shape index (κ2) is 15.5. The molecule has 0 aliphatic carbocycles. The molecule has 268 valence electrons. The number of sulfonamides is 1. The van der Waals surface area contributed by atoms with E-state index in [-0.39, 0.29) is 29.0 Å². The number of hydrogen-bond acceptors (Lipinski definition) is 10. The first-order chi connectivity index (χ1) is 23.7. The second-order valence-electron chi connectivity index (χ2n) is 13.0. The van der Waals surface area contributed by atoms with Crippen LogP contribution in [0.2, 0.25) is 0 Å². The van der Waals surface area contributed by atoms with E-state index < -0.39 is 25.1 Å². The summed E-state index contributed by atoms with van der Waals surface area (Å²) in [5.41, 5.74) is 3.57. The van der Waals surface area contributed by atoms with Crippen molar-refractivity contribution in [2.24, 2.45) is 0 Å². The highest BCUT2D eigenvalue weighted by Crippen LogP contribution is 2.34. The number of aromatic nitrogens is 1. The summed E-state index contributed by atoms with van der Waals surface area (Å²) in [5.74, 6) is -0.158. The molecule has 0 saturated carbocycles. The van der Waals surface area contributed by atoms with Gasteiger partial charge >= 0.3 is 5.84 Å². The minimum absolute atomic E-state index is 0.0305. The van der Waals surface area contributed by atoms with Crippen molar-refractivity contribution >= 4 is 37.5 Å². The van der Waals surface area contributed by atoms with Crippen LogP contribution in [-0.4, -0.2) is 99.7 Å². The fraction of sp³-hybridized carbons (Fsp3) is 0.444. The van der Waals surface area contributed by atoms with Gasteiger partial charge in [-0.3, -0.25) is 14.5 Å². The predicted molar refractivity (Wildman–Crippen MR) is 197 cm³/mol. The van der Waals surface area contributed by atoms with Gasteiger partial charge in [0.2, 0.25) is 15.9 Å². The van der Waals surface area contributed by atoms with Gasteiger partial charge in [0, 0.05) is 37.4 Å². The van der Waals surface area contributed by atoms with Crippen LogP contribution in [0.4, 0.5) is 5.69 Å². The number of aryl methyl sites for hydroxylation is 1. The molecule has 2 saturated heterocycles. The van der Waals surface area contributed by atoms with E-state index in [9.17, 15) is 27.2 Å². The lowest BCUT2D eigenvalue weighted by Gasteiger charge is -2.36. The van der Waals surface area contributed by atoms with E-state index in [1.54, 1.807) is 42.5 Å². The number of nitrogens with zero attached hydrogens (tertiary/aromatic N) is 4. The van der Waals surface area contributed by atoms with E-state index in [1.165, 1.54) is 13.3 Å². The molecule has 0 spiro atoms. The van der Waals surface area contributed by atoms with Gasteiger partial charge in [-0.05, 0) is 84.9 Å². The number of ether oxygens (including phenoxy) is 1. The van der Waals surface area contributed by atoms with Gasteiger partial charge in [-0.15, -0.1) is 0 Å². The number of anilines is 1. The zero-order valence-corrected chi connectivity index (χ0v) is 31.0. The van der Waals surface area contributed by atoms with Crippen LogP contribution in [0.5, 0.6) is 5.88 Å². The molecule has 14 heteroatoms. The third-order valence-electron chi connectivity index (χ3n) is 9.53. The molecule has 3 aromatic rings. The Kier molecular flexibility index (Phi) is 11.6. The molecule has 2 aliphatic rings. The number of methoxy groups -OCH3 is 1. The van der Waals surface area contributed by atoms with Gasteiger partial charge in [0.1, 0.15) is 5.69 Å². The SMILES string of the molecule is CCC(=Cc1c(C)cc(-c2cnc(OC)c(NS(C)(=O)=O)c2)cc1C(=N)[N+](=O)CN1CCN2CCCC2C1)C(CC)S(=O)(=O)c1ccccc1. The fourth-order valence-corrected chi connectivity index (χ4v) is 9.52. The van der Waals surface area contributed by atoms with E-state index in [1.807, 2.05) is 32.9 Å². The number of benzene rings is 2. The normalized spacial score (nSPS) is 18.0. The smallest absolute Gasteiger partial charge is 0.362 e. The molecular weight excluding hydrogens is 677 g/mol. The van der Waals surface area contributed by atoms with Crippen LogP contribution in [0.15, 0.2) is 65.2 Å². The van der Waals surface area contributed by atoms with E-state index >= 15 is 0 Å². The van der Waals surface area contributed by atoms with Crippen LogP contribution in [0.1, 0.15) is 56.2 Å². The first-order valence-corrected chi connectivity index (χ1v) is 20.4. The Labute approximate surface area is 295 Å². The average molecular weight is 724 g/mol. The van der Waals surface area contributed by atoms with Gasteiger partial charge in [-0.1, -0.05) is 60.1 Å². The monoisotopic (exact) mass is 723 g/mol. The van der Waals surface area contributed by atoms with Gasteiger partial charge in [-0.25, -0.2) is 21.8 Å². The Morgan fingerprint density at radius 1 is 1.10 bits per heavy atom. The highest BCUT2D eigenvalue weighted by atomic mass is 32.2. The number of amidine groups is 1. The zero-order valence-electron chi connectivity index (χ0n) is 29.3. The summed E-state index contributed by atoms with van der Waals surface area (Å²) in [6.45, 7) is 9.10. The number of rotatable bonds is 13. The summed E-state index contributed by atoms with van der Waals surface area (Å²) >= 11 is 0. The van der Waals surface area contributed by atoms with Crippen molar-refractivity contribution in [1.29, 1.82) is 5.41 Å². The van der Waals surface area contributed by atoms with Crippen molar-refractivity contribution in [2.75, 3.05) is 50.9 Å². The highest BCUT2D eigenvalue weighted by Gasteiger charge is 2.34. The van der Waals surface area contributed by atoms with Crippen molar-refractivity contribution in [3.63, 3.8) is 0 Å². The van der Waals surface area contributed by atoms with Crippen molar-refractivity contribution in [3.8, 4) is 17.0 Å². The molecule has 50 heavy (non-hydrogen) atoms. The van der Waals surface area contributed by atoms with Crippen LogP contribution in [-0.2, 0) is 19.9 Å². The molecule has 0 radical (unpaired) electrons. The molecule has 12 nitrogen and oxygen atoms in total. The topological polar surface area (TPSA) is 153 Å². The molecular formula is C36H47N6O6S2+. The lowest BCUT2D eigenvalue weighted by molar-refractivity contribution is -0.460. The molecule has 2 aliphatic heterocycles. The van der Waals surface area contributed by atoms with E-state index in [0.29, 0.717) is 57.0 Å². The molecule has 2 aromatic carbocycles. The maximum absolute atomic E-state index is 13.9. The molecule has 2 unspecified atom stereocenters. The van der Waals surface area contributed by atoms with Gasteiger partial charge < -0.3 is 4.74 Å². The number of piperazine rings is 1. The lowest BCUT2D eigenvalue weighted by atomic mass is 9.92. The summed E-state index contributed by atoms with van der Waals surface area (Å²) in [6, 6.07) is 14.0. The van der Waals surface area contributed by atoms with Crippen LogP contribution < -0.4 is 9.46 Å². The second-order valence-corrected chi connectivity index (χ2v) is 16.9. The first kappa shape index (κ1) is 37.3. The fourth-order valence-electron chi connectivity index (χ4n) is 7.03. The molecule has 2 atom stereocenters. The number of hydrogen-bond donors (Lipinski definition) is 2. The van der Waals surface area contributed by atoms with Crippen molar-refractivity contribution in [3.05, 3.63) is 81.9 Å². The summed E-state index contributed by atoms with van der Waals surface area (Å²) in [7, 11) is -5.99. The van der Waals surface area contributed by atoms with Crippen molar-refractivity contribution in [2.45, 2.75) is 62.6 Å². The van der Waals surface area contributed by atoms with Crippen LogP contribution >= 0.6 is 0 Å². The van der Waals surface area contributed by atoms with E-state index in [0.717, 1.165) is 45.3 Å². The lowest BCUT2D eigenvalue weighted by Crippen LogP contribution is -2.52. The molecule has 0 amide bonds. The van der Waals surface area contributed by atoms with Gasteiger partial charge in [-0.2, -0.15) is 0 Å². The predicted octanol–water partition coefficient (Wildman–Crippen LogP) is 5.32.